The fourth-order valence-corrected chi connectivity index (χ4v) is 12.4. The SMILES string of the molecule is CCCCCCCCCCC(=O)OC[C@H](COP(=O)(O)OC[C@H](O)COP(=O)(O)OC[C@@H](COC(=O)CCCCCCCCCCCCC(C)CC)OC(=O)CCCCCCCCCCCCCCC(C)C)OC(=O)CCCCCCCCCCCCC(C)CC. The highest BCUT2D eigenvalue weighted by Gasteiger charge is 2.30. The first-order valence-electron chi connectivity index (χ1n) is 37.4. The lowest BCUT2D eigenvalue weighted by atomic mass is 9.99. The monoisotopic (exact) mass is 1340 g/mol. The molecule has 0 aromatic rings. The average molecular weight is 1340 g/mol. The van der Waals surface area contributed by atoms with E-state index in [4.69, 9.17) is 37.0 Å². The van der Waals surface area contributed by atoms with Gasteiger partial charge in [-0.1, -0.05) is 312 Å². The van der Waals surface area contributed by atoms with Crippen LogP contribution in [-0.4, -0.2) is 96.7 Å². The van der Waals surface area contributed by atoms with E-state index in [1.165, 1.54) is 167 Å². The number of phosphoric acid groups is 2. The average Bonchev–Trinajstić information content (AvgIpc) is 3.66. The topological polar surface area (TPSA) is 237 Å². The summed E-state index contributed by atoms with van der Waals surface area (Å²) in [6, 6.07) is 0. The van der Waals surface area contributed by atoms with Crippen molar-refractivity contribution in [3.63, 3.8) is 0 Å². The van der Waals surface area contributed by atoms with Crippen molar-refractivity contribution in [1.82, 2.24) is 0 Å². The van der Waals surface area contributed by atoms with Gasteiger partial charge in [-0.25, -0.2) is 9.13 Å². The second-order valence-corrected chi connectivity index (χ2v) is 29.8. The normalized spacial score (nSPS) is 14.8. The van der Waals surface area contributed by atoms with Gasteiger partial charge in [0.2, 0.25) is 0 Å². The van der Waals surface area contributed by atoms with Crippen molar-refractivity contribution in [3.8, 4) is 0 Å². The van der Waals surface area contributed by atoms with E-state index in [1.54, 1.807) is 0 Å². The minimum absolute atomic E-state index is 0.106. The number of phosphoric ester groups is 2. The summed E-state index contributed by atoms with van der Waals surface area (Å²) in [5.74, 6) is 0.264. The fourth-order valence-electron chi connectivity index (χ4n) is 10.8. The molecule has 0 heterocycles. The van der Waals surface area contributed by atoms with Crippen LogP contribution >= 0.6 is 15.6 Å². The van der Waals surface area contributed by atoms with E-state index < -0.39 is 97.5 Å². The van der Waals surface area contributed by atoms with Gasteiger partial charge in [0.15, 0.2) is 12.2 Å². The van der Waals surface area contributed by atoms with E-state index in [9.17, 15) is 43.2 Å². The molecule has 0 saturated carbocycles. The number of hydrogen-bond acceptors (Lipinski definition) is 15. The molecule has 0 aliphatic heterocycles. The molecule has 4 unspecified atom stereocenters. The van der Waals surface area contributed by atoms with Gasteiger partial charge in [0, 0.05) is 25.7 Å². The predicted octanol–water partition coefficient (Wildman–Crippen LogP) is 20.6. The van der Waals surface area contributed by atoms with Gasteiger partial charge in [0.1, 0.15) is 19.3 Å². The standard InChI is InChI=1S/C72H140O17P2/c1-8-11-12-13-14-32-39-46-53-69(74)82-59-67(88-72(77)56-49-42-35-28-22-20-25-31-38-45-52-65(7)10-3)61-86-90(78,79)84-57-66(73)58-85-91(80,81)87-62-68(60-83-70(75)54-47-40-33-26-21-19-24-30-37-44-51-64(6)9-2)89-71(76)55-48-41-34-27-18-16-15-17-23-29-36-43-50-63(4)5/h63-68,73H,8-62H2,1-7H3,(H,78,79)(H,80,81)/t64?,65?,66-,67+,68+/m0/s1. The van der Waals surface area contributed by atoms with Crippen molar-refractivity contribution in [2.75, 3.05) is 39.6 Å². The lowest BCUT2D eigenvalue weighted by Crippen LogP contribution is -2.30. The number of unbranched alkanes of at least 4 members (excludes halogenated alkanes) is 36. The van der Waals surface area contributed by atoms with E-state index in [0.717, 1.165) is 114 Å². The highest BCUT2D eigenvalue weighted by Crippen LogP contribution is 2.45. The van der Waals surface area contributed by atoms with Gasteiger partial charge in [-0.2, -0.15) is 0 Å². The molecule has 3 N–H and O–H groups in total. The van der Waals surface area contributed by atoms with Crippen LogP contribution in [0, 0.1) is 17.8 Å². The number of hydrogen-bond donors (Lipinski definition) is 3. The summed E-state index contributed by atoms with van der Waals surface area (Å²) in [5.41, 5.74) is 0. The highest BCUT2D eigenvalue weighted by atomic mass is 31.2. The molecule has 540 valence electrons. The number of carbonyl (C=O) groups is 4. The molecule has 0 fully saturated rings. The summed E-state index contributed by atoms with van der Waals surface area (Å²) in [4.78, 5) is 72.6. The van der Waals surface area contributed by atoms with Crippen LogP contribution in [-0.2, 0) is 65.4 Å². The number of esters is 4. The van der Waals surface area contributed by atoms with E-state index in [2.05, 4.69) is 48.5 Å². The summed E-state index contributed by atoms with van der Waals surface area (Å²) in [5, 5.41) is 10.6. The number of ether oxygens (including phenoxy) is 4. The zero-order chi connectivity index (χ0) is 67.3. The van der Waals surface area contributed by atoms with Crippen LogP contribution in [0.4, 0.5) is 0 Å². The Balaban J connectivity index is 5.24. The smallest absolute Gasteiger partial charge is 0.462 e. The summed E-state index contributed by atoms with van der Waals surface area (Å²) >= 11 is 0. The Hall–Kier alpha value is -1.94. The number of rotatable bonds is 70. The first-order chi connectivity index (χ1) is 43.8. The summed E-state index contributed by atoms with van der Waals surface area (Å²) in [6.45, 7) is 11.9. The molecule has 0 bridgehead atoms. The van der Waals surface area contributed by atoms with Gasteiger partial charge in [-0.05, 0) is 43.4 Å². The molecule has 0 aromatic heterocycles. The molecule has 0 saturated heterocycles. The molecular weight excluding hydrogens is 1200 g/mol. The van der Waals surface area contributed by atoms with Gasteiger partial charge in [0.05, 0.1) is 26.4 Å². The van der Waals surface area contributed by atoms with Crippen LogP contribution in [0.3, 0.4) is 0 Å². The van der Waals surface area contributed by atoms with Crippen molar-refractivity contribution in [2.24, 2.45) is 17.8 Å². The molecule has 7 atom stereocenters. The largest absolute Gasteiger partial charge is 0.472 e. The predicted molar refractivity (Wildman–Crippen MR) is 368 cm³/mol. The Bertz CT molecular complexity index is 1790. The zero-order valence-electron chi connectivity index (χ0n) is 59.3. The first kappa shape index (κ1) is 89.1. The van der Waals surface area contributed by atoms with Gasteiger partial charge < -0.3 is 33.8 Å². The summed E-state index contributed by atoms with van der Waals surface area (Å²) in [6.07, 6.45) is 47.0. The molecule has 0 radical (unpaired) electrons. The lowest BCUT2D eigenvalue weighted by molar-refractivity contribution is -0.161. The molecule has 91 heavy (non-hydrogen) atoms. The van der Waals surface area contributed by atoms with Crippen LogP contribution in [0.1, 0.15) is 363 Å². The highest BCUT2D eigenvalue weighted by molar-refractivity contribution is 7.47. The number of carbonyl (C=O) groups excluding carboxylic acids is 4. The quantitative estimate of drug-likeness (QED) is 0.0222. The van der Waals surface area contributed by atoms with Crippen LogP contribution < -0.4 is 0 Å². The van der Waals surface area contributed by atoms with Crippen molar-refractivity contribution >= 4 is 39.5 Å². The number of aliphatic hydroxyl groups excluding tert-OH is 1. The summed E-state index contributed by atoms with van der Waals surface area (Å²) in [7, 11) is -9.90. The molecule has 0 aliphatic rings. The Morgan fingerprint density at radius 1 is 0.319 bits per heavy atom. The molecule has 0 amide bonds. The Kier molecular flexibility index (Phi) is 61.5. The Labute approximate surface area is 556 Å². The Morgan fingerprint density at radius 3 is 0.835 bits per heavy atom. The van der Waals surface area contributed by atoms with Gasteiger partial charge >= 0.3 is 39.5 Å². The third kappa shape index (κ3) is 63.9. The van der Waals surface area contributed by atoms with Crippen LogP contribution in [0.15, 0.2) is 0 Å². The summed E-state index contributed by atoms with van der Waals surface area (Å²) < 4.78 is 68.3. The van der Waals surface area contributed by atoms with E-state index in [-0.39, 0.29) is 25.7 Å². The maximum atomic E-state index is 13.0. The van der Waals surface area contributed by atoms with Crippen molar-refractivity contribution in [1.29, 1.82) is 0 Å². The molecule has 17 nitrogen and oxygen atoms in total. The van der Waals surface area contributed by atoms with Crippen LogP contribution in [0.5, 0.6) is 0 Å². The second kappa shape index (κ2) is 62.8. The molecule has 0 aliphatic carbocycles. The molecular formula is C72H140O17P2. The minimum atomic E-state index is -4.95. The fraction of sp³-hybridized carbons (Fsp3) is 0.944. The third-order valence-corrected chi connectivity index (χ3v) is 19.3. The van der Waals surface area contributed by atoms with Gasteiger partial charge in [-0.15, -0.1) is 0 Å². The van der Waals surface area contributed by atoms with Gasteiger partial charge in [0.25, 0.3) is 0 Å². The molecule has 0 spiro atoms. The van der Waals surface area contributed by atoms with Crippen molar-refractivity contribution in [3.05, 3.63) is 0 Å². The van der Waals surface area contributed by atoms with E-state index in [1.807, 2.05) is 0 Å². The maximum Gasteiger partial charge on any atom is 0.472 e. The van der Waals surface area contributed by atoms with Crippen molar-refractivity contribution in [2.45, 2.75) is 381 Å². The lowest BCUT2D eigenvalue weighted by Gasteiger charge is -2.21. The molecule has 19 heteroatoms. The van der Waals surface area contributed by atoms with E-state index >= 15 is 0 Å². The zero-order valence-corrected chi connectivity index (χ0v) is 61.1. The number of aliphatic hydroxyl groups is 1. The first-order valence-corrected chi connectivity index (χ1v) is 40.4. The molecule has 0 aromatic carbocycles. The second-order valence-electron chi connectivity index (χ2n) is 26.9. The van der Waals surface area contributed by atoms with E-state index in [0.29, 0.717) is 25.7 Å². The van der Waals surface area contributed by atoms with Crippen molar-refractivity contribution < 1.29 is 80.2 Å². The molecule has 0 rings (SSSR count). The van der Waals surface area contributed by atoms with Crippen LogP contribution in [0.25, 0.3) is 0 Å². The van der Waals surface area contributed by atoms with Crippen LogP contribution in [0.2, 0.25) is 0 Å². The maximum absolute atomic E-state index is 13.0. The third-order valence-electron chi connectivity index (χ3n) is 17.4. The van der Waals surface area contributed by atoms with Gasteiger partial charge in [-0.3, -0.25) is 37.3 Å². The Morgan fingerprint density at radius 2 is 0.560 bits per heavy atom. The minimum Gasteiger partial charge on any atom is -0.462 e.